The quantitative estimate of drug-likeness (QED) is 0.146. The highest BCUT2D eigenvalue weighted by Gasteiger charge is 2.39. The smallest absolute Gasteiger partial charge is 0.0159 e. The molecule has 17 rings (SSSR count). The Labute approximate surface area is 509 Å². The Morgan fingerprint density at radius 3 is 0.816 bits per heavy atom. The van der Waals surface area contributed by atoms with Gasteiger partial charge < -0.3 is 0 Å². The SMILES string of the molecule is Cc1ccc(-c2c3ccccc3c(-c3ccc4c(c3)C(C)(C)c3cc(-c5ccc6c(c5)C(C)(C)c5cc(-c7c8ccccc8c(-c8c9ccccc9c(-c9ccc(C)cc9)c9c(C)cccc89)c8ccccc78)ccc5-6)ccc3-4)c3ccccc23)cc1. The Morgan fingerprint density at radius 1 is 0.207 bits per heavy atom. The highest BCUT2D eigenvalue weighted by molar-refractivity contribution is 6.30. The van der Waals surface area contributed by atoms with E-state index >= 15 is 0 Å². The topological polar surface area (TPSA) is 0 Å². The third-order valence-corrected chi connectivity index (χ3v) is 20.3. The van der Waals surface area contributed by atoms with Crippen LogP contribution >= 0.6 is 0 Å². The third-order valence-electron chi connectivity index (χ3n) is 20.3. The normalized spacial score (nSPS) is 13.6. The zero-order valence-corrected chi connectivity index (χ0v) is 50.3. The number of hydrogen-bond acceptors (Lipinski definition) is 0. The van der Waals surface area contributed by atoms with E-state index < -0.39 is 0 Å². The number of hydrogen-bond donors (Lipinski definition) is 0. The lowest BCUT2D eigenvalue weighted by atomic mass is 9.78. The van der Waals surface area contributed by atoms with Crippen molar-refractivity contribution in [1.82, 2.24) is 0 Å². The summed E-state index contributed by atoms with van der Waals surface area (Å²) in [6.45, 7) is 16.3. The molecule has 2 aliphatic rings. The van der Waals surface area contributed by atoms with Crippen LogP contribution in [0.2, 0.25) is 0 Å². The van der Waals surface area contributed by atoms with E-state index in [-0.39, 0.29) is 10.8 Å². The molecule has 0 radical (unpaired) electrons. The van der Waals surface area contributed by atoms with Gasteiger partial charge in [0.2, 0.25) is 0 Å². The molecular weight excluding hydrogens is 1040 g/mol. The molecule has 2 aliphatic carbocycles. The fraction of sp³-hybridized carbons (Fsp3) is 0.103. The largest absolute Gasteiger partial charge is 0.0616 e. The first-order valence-electron chi connectivity index (χ1n) is 31.0. The third kappa shape index (κ3) is 7.50. The van der Waals surface area contributed by atoms with Gasteiger partial charge in [-0.05, 0) is 227 Å². The van der Waals surface area contributed by atoms with E-state index in [0.29, 0.717) is 0 Å². The fourth-order valence-electron chi connectivity index (χ4n) is 16.0. The van der Waals surface area contributed by atoms with Crippen molar-refractivity contribution < 1.29 is 0 Å². The molecule has 0 heteroatoms. The van der Waals surface area contributed by atoms with E-state index in [1.165, 1.54) is 193 Å². The summed E-state index contributed by atoms with van der Waals surface area (Å²) in [5.74, 6) is 0. The van der Waals surface area contributed by atoms with Gasteiger partial charge in [0, 0.05) is 10.8 Å². The summed E-state index contributed by atoms with van der Waals surface area (Å²) >= 11 is 0. The molecule has 15 aromatic carbocycles. The van der Waals surface area contributed by atoms with Crippen molar-refractivity contribution in [1.29, 1.82) is 0 Å². The van der Waals surface area contributed by atoms with Gasteiger partial charge in [0.05, 0.1) is 0 Å². The first-order valence-corrected chi connectivity index (χ1v) is 31.0. The van der Waals surface area contributed by atoms with Crippen molar-refractivity contribution in [3.63, 3.8) is 0 Å². The van der Waals surface area contributed by atoms with Crippen molar-refractivity contribution in [3.8, 4) is 89.0 Å². The van der Waals surface area contributed by atoms with Crippen molar-refractivity contribution in [2.24, 2.45) is 0 Å². The van der Waals surface area contributed by atoms with Crippen molar-refractivity contribution in [3.05, 3.63) is 300 Å². The molecule has 0 amide bonds. The Hall–Kier alpha value is -10.1. The maximum absolute atomic E-state index is 2.53. The average Bonchev–Trinajstić information content (AvgIpc) is 1.77. The zero-order chi connectivity index (χ0) is 58.6. The second kappa shape index (κ2) is 18.9. The van der Waals surface area contributed by atoms with Gasteiger partial charge in [0.1, 0.15) is 0 Å². The monoisotopic (exact) mass is 1110 g/mol. The maximum atomic E-state index is 2.53. The van der Waals surface area contributed by atoms with Gasteiger partial charge in [-0.15, -0.1) is 0 Å². The summed E-state index contributed by atoms with van der Waals surface area (Å²) in [5.41, 5.74) is 29.5. The lowest BCUT2D eigenvalue weighted by Crippen LogP contribution is -2.15. The van der Waals surface area contributed by atoms with Gasteiger partial charge >= 0.3 is 0 Å². The van der Waals surface area contributed by atoms with E-state index in [9.17, 15) is 0 Å². The number of benzene rings is 15. The molecule has 15 aromatic rings. The van der Waals surface area contributed by atoms with Crippen LogP contribution in [0.5, 0.6) is 0 Å². The van der Waals surface area contributed by atoms with Crippen LogP contribution in [-0.2, 0) is 10.8 Å². The molecule has 0 saturated heterocycles. The van der Waals surface area contributed by atoms with Crippen LogP contribution in [0.4, 0.5) is 0 Å². The van der Waals surface area contributed by atoms with Gasteiger partial charge in [-0.25, -0.2) is 0 Å². The molecule has 0 spiro atoms. The van der Waals surface area contributed by atoms with Gasteiger partial charge in [0.25, 0.3) is 0 Å². The first kappa shape index (κ1) is 51.3. The van der Waals surface area contributed by atoms with Crippen LogP contribution in [0.1, 0.15) is 66.6 Å². The highest BCUT2D eigenvalue weighted by Crippen LogP contribution is 2.56. The Kier molecular flexibility index (Phi) is 11.2. The maximum Gasteiger partial charge on any atom is 0.0159 e. The Morgan fingerprint density at radius 2 is 0.460 bits per heavy atom. The van der Waals surface area contributed by atoms with E-state index in [1.54, 1.807) is 0 Å². The predicted molar refractivity (Wildman–Crippen MR) is 373 cm³/mol. The minimum atomic E-state index is -0.244. The predicted octanol–water partition coefficient (Wildman–Crippen LogP) is 24.1. The molecule has 0 nitrogen and oxygen atoms in total. The average molecular weight is 1110 g/mol. The molecule has 0 atom stereocenters. The standard InChI is InChI=1S/C87H64/c1-51-31-35-54(36-32-51)80-64-20-8-10-22-66(64)81(67-23-11-9-21-65(67)80)58-41-45-62-60-43-39-56(47-75(60)86(4,5)77(62)49-58)57-40-44-61-63-46-42-59(50-78(63)87(6,7)76(61)48-57)82-68-24-12-15-27-71(68)84(72-28-16-13-25-69(72)82)85-73-29-17-14-26-70(73)83(55-37-33-52(2)34-38-55)79-53(3)19-18-30-74(79)85/h8-50H,1-7H3. The number of rotatable bonds is 6. The molecule has 0 bridgehead atoms. The molecule has 0 aromatic heterocycles. The summed E-state index contributed by atoms with van der Waals surface area (Å²) in [6, 6.07) is 99.7. The molecular formula is C87H64. The van der Waals surface area contributed by atoms with E-state index in [1.807, 2.05) is 0 Å². The first-order chi connectivity index (χ1) is 42.4. The second-order valence-electron chi connectivity index (χ2n) is 26.0. The number of fused-ring (bicyclic) bond motifs is 12. The molecule has 0 fully saturated rings. The van der Waals surface area contributed by atoms with E-state index in [2.05, 4.69) is 309 Å². The molecule has 0 N–H and O–H groups in total. The van der Waals surface area contributed by atoms with Gasteiger partial charge in [-0.2, -0.15) is 0 Å². The van der Waals surface area contributed by atoms with Gasteiger partial charge in [-0.1, -0.05) is 275 Å². The van der Waals surface area contributed by atoms with Crippen molar-refractivity contribution in [2.45, 2.75) is 59.3 Å². The van der Waals surface area contributed by atoms with E-state index in [4.69, 9.17) is 0 Å². The summed E-state index contributed by atoms with van der Waals surface area (Å²) < 4.78 is 0. The summed E-state index contributed by atoms with van der Waals surface area (Å²) in [6.07, 6.45) is 0. The second-order valence-corrected chi connectivity index (χ2v) is 26.0. The molecule has 412 valence electrons. The number of aryl methyl sites for hydroxylation is 3. The van der Waals surface area contributed by atoms with Crippen LogP contribution in [0, 0.1) is 20.8 Å². The van der Waals surface area contributed by atoms with Crippen molar-refractivity contribution in [2.75, 3.05) is 0 Å². The minimum absolute atomic E-state index is 0.216. The van der Waals surface area contributed by atoms with Crippen LogP contribution in [0.25, 0.3) is 154 Å². The van der Waals surface area contributed by atoms with Gasteiger partial charge in [0.15, 0.2) is 0 Å². The Balaban J connectivity index is 0.753. The molecule has 87 heavy (non-hydrogen) atoms. The summed E-state index contributed by atoms with van der Waals surface area (Å²) in [7, 11) is 0. The fourth-order valence-corrected chi connectivity index (χ4v) is 16.0. The van der Waals surface area contributed by atoms with Crippen LogP contribution in [-0.4, -0.2) is 0 Å². The zero-order valence-electron chi connectivity index (χ0n) is 50.3. The van der Waals surface area contributed by atoms with Gasteiger partial charge in [-0.3, -0.25) is 0 Å². The van der Waals surface area contributed by atoms with Crippen LogP contribution in [0.3, 0.4) is 0 Å². The van der Waals surface area contributed by atoms with E-state index in [0.717, 1.165) is 0 Å². The van der Waals surface area contributed by atoms with Crippen molar-refractivity contribution >= 4 is 64.6 Å². The van der Waals surface area contributed by atoms with Crippen LogP contribution < -0.4 is 0 Å². The highest BCUT2D eigenvalue weighted by atomic mass is 14.4. The minimum Gasteiger partial charge on any atom is -0.0616 e. The lowest BCUT2D eigenvalue weighted by molar-refractivity contribution is 0.660. The molecule has 0 aliphatic heterocycles. The molecule has 0 heterocycles. The summed E-state index contributed by atoms with van der Waals surface area (Å²) in [5, 5.41) is 15.3. The lowest BCUT2D eigenvalue weighted by Gasteiger charge is -2.25. The molecule has 0 unspecified atom stereocenters. The molecule has 0 saturated carbocycles. The van der Waals surface area contributed by atoms with Crippen LogP contribution in [0.15, 0.2) is 261 Å². The Bertz CT molecular complexity index is 5340. The summed E-state index contributed by atoms with van der Waals surface area (Å²) in [4.78, 5) is 0.